The van der Waals surface area contributed by atoms with Crippen molar-refractivity contribution in [2.45, 2.75) is 26.7 Å². The molecule has 90 valence electrons. The Balaban J connectivity index is 2.27. The Kier molecular flexibility index (Phi) is 6.66. The minimum absolute atomic E-state index is 1.07. The lowest BCUT2D eigenvalue weighted by molar-refractivity contribution is 0.629. The van der Waals surface area contributed by atoms with Crippen LogP contribution in [0.4, 0.5) is 5.69 Å². The van der Waals surface area contributed by atoms with Crippen molar-refractivity contribution in [3.8, 4) is 0 Å². The molecule has 2 nitrogen and oxygen atoms in total. The molecule has 1 aromatic carbocycles. The molecule has 0 saturated heterocycles. The third-order valence-electron chi connectivity index (χ3n) is 2.77. The summed E-state index contributed by atoms with van der Waals surface area (Å²) in [6.07, 6.45) is 2.54. The Bertz CT molecular complexity index is 259. The van der Waals surface area contributed by atoms with Gasteiger partial charge in [0.1, 0.15) is 0 Å². The van der Waals surface area contributed by atoms with E-state index in [0.29, 0.717) is 0 Å². The molecule has 0 aromatic heterocycles. The highest BCUT2D eigenvalue weighted by Gasteiger charge is 2.01. The Hall–Kier alpha value is -1.02. The molecule has 0 saturated carbocycles. The van der Waals surface area contributed by atoms with Crippen LogP contribution in [0, 0.1) is 0 Å². The topological polar surface area (TPSA) is 15.3 Å². The molecule has 0 bridgehead atoms. The number of hydrogen-bond acceptors (Lipinski definition) is 2. The summed E-state index contributed by atoms with van der Waals surface area (Å²) in [7, 11) is 0. The van der Waals surface area contributed by atoms with Crippen LogP contribution < -0.4 is 10.2 Å². The highest BCUT2D eigenvalue weighted by molar-refractivity contribution is 5.45. The predicted octanol–water partition coefficient (Wildman–Crippen LogP) is 2.90. The fourth-order valence-electron chi connectivity index (χ4n) is 1.75. The van der Waals surface area contributed by atoms with Gasteiger partial charge in [0.25, 0.3) is 0 Å². The minimum Gasteiger partial charge on any atom is -0.371 e. The minimum atomic E-state index is 1.07. The van der Waals surface area contributed by atoms with Gasteiger partial charge in [0.2, 0.25) is 0 Å². The van der Waals surface area contributed by atoms with Gasteiger partial charge in [0.05, 0.1) is 0 Å². The van der Waals surface area contributed by atoms with Crippen molar-refractivity contribution >= 4 is 5.69 Å². The number of rotatable bonds is 8. The lowest BCUT2D eigenvalue weighted by atomic mass is 10.3. The number of hydrogen-bond donors (Lipinski definition) is 1. The van der Waals surface area contributed by atoms with E-state index in [-0.39, 0.29) is 0 Å². The lowest BCUT2D eigenvalue weighted by Crippen LogP contribution is -2.32. The van der Waals surface area contributed by atoms with Gasteiger partial charge >= 0.3 is 0 Å². The molecule has 2 heteroatoms. The second kappa shape index (κ2) is 8.17. The van der Waals surface area contributed by atoms with Crippen LogP contribution in [-0.4, -0.2) is 26.2 Å². The zero-order valence-electron chi connectivity index (χ0n) is 10.6. The molecule has 16 heavy (non-hydrogen) atoms. The highest BCUT2D eigenvalue weighted by Crippen LogP contribution is 2.11. The van der Waals surface area contributed by atoms with Gasteiger partial charge in [-0.15, -0.1) is 0 Å². The van der Waals surface area contributed by atoms with E-state index in [4.69, 9.17) is 0 Å². The van der Waals surface area contributed by atoms with E-state index >= 15 is 0 Å². The van der Waals surface area contributed by atoms with Gasteiger partial charge in [-0.1, -0.05) is 31.5 Å². The molecule has 0 unspecified atom stereocenters. The fraction of sp³-hybridized carbons (Fsp3) is 0.571. The number of nitrogens with zero attached hydrogens (tertiary/aromatic N) is 1. The number of unbranched alkanes of at least 4 members (excludes halogenated alkanes) is 1. The summed E-state index contributed by atoms with van der Waals surface area (Å²) < 4.78 is 0. The molecular formula is C14H24N2. The van der Waals surface area contributed by atoms with E-state index in [1.165, 1.54) is 18.5 Å². The smallest absolute Gasteiger partial charge is 0.0366 e. The number of para-hydroxylation sites is 1. The molecule has 1 rings (SSSR count). The van der Waals surface area contributed by atoms with Gasteiger partial charge in [0.15, 0.2) is 0 Å². The van der Waals surface area contributed by atoms with E-state index in [0.717, 1.165) is 26.2 Å². The van der Waals surface area contributed by atoms with Crippen LogP contribution in [0.3, 0.4) is 0 Å². The van der Waals surface area contributed by atoms with E-state index in [2.05, 4.69) is 54.4 Å². The Morgan fingerprint density at radius 3 is 2.44 bits per heavy atom. The van der Waals surface area contributed by atoms with Gasteiger partial charge in [0, 0.05) is 25.3 Å². The molecule has 0 spiro atoms. The summed E-state index contributed by atoms with van der Waals surface area (Å²) in [5.74, 6) is 0. The van der Waals surface area contributed by atoms with Crippen molar-refractivity contribution in [2.24, 2.45) is 0 Å². The quantitative estimate of drug-likeness (QED) is 0.678. The number of anilines is 1. The summed E-state index contributed by atoms with van der Waals surface area (Å²) in [4.78, 5) is 2.40. The zero-order valence-corrected chi connectivity index (χ0v) is 10.6. The Morgan fingerprint density at radius 2 is 1.81 bits per heavy atom. The number of benzene rings is 1. The monoisotopic (exact) mass is 220 g/mol. The first kappa shape index (κ1) is 13.0. The van der Waals surface area contributed by atoms with Gasteiger partial charge in [-0.3, -0.25) is 0 Å². The molecule has 1 aromatic rings. The van der Waals surface area contributed by atoms with Crippen LogP contribution in [0.5, 0.6) is 0 Å². The van der Waals surface area contributed by atoms with E-state index in [1.807, 2.05) is 0 Å². The van der Waals surface area contributed by atoms with Crippen molar-refractivity contribution in [1.29, 1.82) is 0 Å². The summed E-state index contributed by atoms with van der Waals surface area (Å²) in [6, 6.07) is 10.6. The fourth-order valence-corrected chi connectivity index (χ4v) is 1.75. The number of nitrogens with one attached hydrogen (secondary N) is 1. The van der Waals surface area contributed by atoms with E-state index in [9.17, 15) is 0 Å². The van der Waals surface area contributed by atoms with E-state index < -0.39 is 0 Å². The first-order valence-corrected chi connectivity index (χ1v) is 6.39. The first-order chi connectivity index (χ1) is 7.88. The van der Waals surface area contributed by atoms with Crippen LogP contribution in [-0.2, 0) is 0 Å². The van der Waals surface area contributed by atoms with Crippen LogP contribution in [0.15, 0.2) is 30.3 Å². The van der Waals surface area contributed by atoms with E-state index in [1.54, 1.807) is 0 Å². The first-order valence-electron chi connectivity index (χ1n) is 6.39. The summed E-state index contributed by atoms with van der Waals surface area (Å²) in [5, 5.41) is 3.48. The molecular weight excluding hydrogens is 196 g/mol. The Morgan fingerprint density at radius 1 is 1.06 bits per heavy atom. The normalized spacial score (nSPS) is 10.4. The van der Waals surface area contributed by atoms with Gasteiger partial charge < -0.3 is 10.2 Å². The predicted molar refractivity (Wildman–Crippen MR) is 72.1 cm³/mol. The Labute approximate surface area is 99.7 Å². The SMILES string of the molecule is CCCCNCCN(CC)c1ccccc1. The zero-order chi connectivity index (χ0) is 11.6. The van der Waals surface area contributed by atoms with Crippen LogP contribution in [0.2, 0.25) is 0 Å². The average Bonchev–Trinajstić information content (AvgIpc) is 2.35. The largest absolute Gasteiger partial charge is 0.371 e. The van der Waals surface area contributed by atoms with Crippen molar-refractivity contribution in [1.82, 2.24) is 5.32 Å². The second-order valence-corrected chi connectivity index (χ2v) is 4.02. The van der Waals surface area contributed by atoms with Crippen LogP contribution >= 0.6 is 0 Å². The van der Waals surface area contributed by atoms with Gasteiger partial charge in [-0.2, -0.15) is 0 Å². The summed E-state index contributed by atoms with van der Waals surface area (Å²) in [6.45, 7) is 8.80. The van der Waals surface area contributed by atoms with Crippen molar-refractivity contribution in [3.05, 3.63) is 30.3 Å². The van der Waals surface area contributed by atoms with Crippen molar-refractivity contribution in [2.75, 3.05) is 31.1 Å². The maximum atomic E-state index is 3.48. The average molecular weight is 220 g/mol. The highest BCUT2D eigenvalue weighted by atomic mass is 15.1. The third-order valence-corrected chi connectivity index (χ3v) is 2.77. The van der Waals surface area contributed by atoms with Gasteiger partial charge in [-0.25, -0.2) is 0 Å². The molecule has 0 aliphatic carbocycles. The summed E-state index contributed by atoms with van der Waals surface area (Å²) >= 11 is 0. The van der Waals surface area contributed by atoms with Crippen molar-refractivity contribution < 1.29 is 0 Å². The molecule has 0 fully saturated rings. The molecule has 0 aliphatic heterocycles. The van der Waals surface area contributed by atoms with Gasteiger partial charge in [-0.05, 0) is 32.0 Å². The maximum Gasteiger partial charge on any atom is 0.0366 e. The second-order valence-electron chi connectivity index (χ2n) is 4.02. The molecule has 1 N–H and O–H groups in total. The molecule has 0 aliphatic rings. The molecule has 0 amide bonds. The summed E-state index contributed by atoms with van der Waals surface area (Å²) in [5.41, 5.74) is 1.32. The lowest BCUT2D eigenvalue weighted by Gasteiger charge is -2.23. The molecule has 0 radical (unpaired) electrons. The van der Waals surface area contributed by atoms with Crippen molar-refractivity contribution in [3.63, 3.8) is 0 Å². The molecule has 0 atom stereocenters. The maximum absolute atomic E-state index is 3.48. The van der Waals surface area contributed by atoms with Crippen LogP contribution in [0.25, 0.3) is 0 Å². The van der Waals surface area contributed by atoms with Crippen LogP contribution in [0.1, 0.15) is 26.7 Å². The third kappa shape index (κ3) is 4.67. The number of likely N-dealkylation sites (N-methyl/N-ethyl adjacent to an activating group) is 1. The standard InChI is InChI=1S/C14H24N2/c1-3-5-11-15-12-13-16(4-2)14-9-7-6-8-10-14/h6-10,15H,3-5,11-13H2,1-2H3. The molecule has 0 heterocycles.